The molecule has 0 aromatic heterocycles. The quantitative estimate of drug-likeness (QED) is 0.698. The predicted molar refractivity (Wildman–Crippen MR) is 96.0 cm³/mol. The molecule has 1 aliphatic heterocycles. The van der Waals surface area contributed by atoms with E-state index in [4.69, 9.17) is 4.74 Å². The lowest BCUT2D eigenvalue weighted by atomic mass is 10.0. The number of nitrogens with one attached hydrogen (secondary N) is 1. The van der Waals surface area contributed by atoms with Crippen molar-refractivity contribution in [3.63, 3.8) is 0 Å². The lowest BCUT2D eigenvalue weighted by Gasteiger charge is -2.04. The predicted octanol–water partition coefficient (Wildman–Crippen LogP) is 5.10. The Kier molecular flexibility index (Phi) is 4.36. The maximum atomic E-state index is 12.2. The average Bonchev–Trinajstić information content (AvgIpc) is 2.79. The third-order valence-electron chi connectivity index (χ3n) is 3.33. The molecule has 112 valence electrons. The van der Waals surface area contributed by atoms with Crippen LogP contribution in [0.15, 0.2) is 45.3 Å². The molecule has 5 heteroatoms. The Morgan fingerprint density at radius 1 is 1.18 bits per heavy atom. The van der Waals surface area contributed by atoms with Gasteiger partial charge in [-0.05, 0) is 58.8 Å². The summed E-state index contributed by atoms with van der Waals surface area (Å²) in [5, 5.41) is 2.90. The molecule has 1 heterocycles. The summed E-state index contributed by atoms with van der Waals surface area (Å²) in [5.41, 5.74) is 3.31. The van der Waals surface area contributed by atoms with Crippen molar-refractivity contribution in [3.8, 4) is 5.75 Å². The molecule has 3 rings (SSSR count). The largest absolute Gasteiger partial charge is 0.494 e. The summed E-state index contributed by atoms with van der Waals surface area (Å²) in [4.78, 5) is 12.2. The summed E-state index contributed by atoms with van der Waals surface area (Å²) in [6, 6.07) is 11.5. The molecule has 0 unspecified atom stereocenters. The SMILES string of the molecule is CCOc1ccc(/C=C2/C(=O)Nc3c(Br)cc(Br)cc32)cc1. The number of amides is 1. The molecule has 0 aliphatic carbocycles. The van der Waals surface area contributed by atoms with Crippen LogP contribution in [0.1, 0.15) is 18.1 Å². The first-order valence-electron chi connectivity index (χ1n) is 6.84. The van der Waals surface area contributed by atoms with Gasteiger partial charge in [0.1, 0.15) is 5.75 Å². The fourth-order valence-electron chi connectivity index (χ4n) is 2.35. The Bertz CT molecular complexity index is 767. The molecular formula is C17H13Br2NO2. The maximum Gasteiger partial charge on any atom is 0.256 e. The minimum atomic E-state index is -0.0947. The standard InChI is InChI=1S/C17H13Br2NO2/c1-2-22-12-5-3-10(4-6-12)7-14-13-8-11(18)9-15(19)16(13)20-17(14)21/h3-9H,2H2,1H3,(H,20,21)/b14-7+. The van der Waals surface area contributed by atoms with E-state index < -0.39 is 0 Å². The van der Waals surface area contributed by atoms with E-state index in [-0.39, 0.29) is 5.91 Å². The maximum absolute atomic E-state index is 12.2. The number of benzene rings is 2. The highest BCUT2D eigenvalue weighted by molar-refractivity contribution is 9.11. The number of carbonyl (C=O) groups excluding carboxylic acids is 1. The number of halogens is 2. The average molecular weight is 423 g/mol. The van der Waals surface area contributed by atoms with E-state index in [0.717, 1.165) is 31.5 Å². The number of carbonyl (C=O) groups is 1. The minimum Gasteiger partial charge on any atom is -0.494 e. The van der Waals surface area contributed by atoms with Crippen molar-refractivity contribution in [3.05, 3.63) is 56.5 Å². The van der Waals surface area contributed by atoms with Gasteiger partial charge in [-0.2, -0.15) is 0 Å². The smallest absolute Gasteiger partial charge is 0.256 e. The van der Waals surface area contributed by atoms with Crippen molar-refractivity contribution in [1.82, 2.24) is 0 Å². The van der Waals surface area contributed by atoms with E-state index >= 15 is 0 Å². The van der Waals surface area contributed by atoms with Crippen LogP contribution in [0.4, 0.5) is 5.69 Å². The van der Waals surface area contributed by atoms with Crippen molar-refractivity contribution in [1.29, 1.82) is 0 Å². The molecule has 1 amide bonds. The number of hydrogen-bond donors (Lipinski definition) is 1. The fraction of sp³-hybridized carbons (Fsp3) is 0.118. The lowest BCUT2D eigenvalue weighted by molar-refractivity contribution is -0.110. The van der Waals surface area contributed by atoms with Crippen LogP contribution < -0.4 is 10.1 Å². The lowest BCUT2D eigenvalue weighted by Crippen LogP contribution is -2.03. The second-order valence-electron chi connectivity index (χ2n) is 4.82. The first kappa shape index (κ1) is 15.3. The Balaban J connectivity index is 2.00. The van der Waals surface area contributed by atoms with Crippen LogP contribution in [0.2, 0.25) is 0 Å². The van der Waals surface area contributed by atoms with Crippen LogP contribution in [0.3, 0.4) is 0 Å². The highest BCUT2D eigenvalue weighted by atomic mass is 79.9. The zero-order chi connectivity index (χ0) is 15.7. The van der Waals surface area contributed by atoms with Gasteiger partial charge in [0.15, 0.2) is 0 Å². The number of rotatable bonds is 3. The van der Waals surface area contributed by atoms with Crippen LogP contribution in [-0.2, 0) is 4.79 Å². The van der Waals surface area contributed by atoms with E-state index in [1.807, 2.05) is 49.4 Å². The first-order chi connectivity index (χ1) is 10.6. The van der Waals surface area contributed by atoms with Gasteiger partial charge in [0.25, 0.3) is 5.91 Å². The van der Waals surface area contributed by atoms with Gasteiger partial charge < -0.3 is 10.1 Å². The Labute approximate surface area is 145 Å². The van der Waals surface area contributed by atoms with Gasteiger partial charge in [0.05, 0.1) is 12.3 Å². The van der Waals surface area contributed by atoms with E-state index in [1.54, 1.807) is 0 Å². The summed E-state index contributed by atoms with van der Waals surface area (Å²) >= 11 is 6.94. The molecule has 3 nitrogen and oxygen atoms in total. The minimum absolute atomic E-state index is 0.0947. The fourth-order valence-corrected chi connectivity index (χ4v) is 3.68. The van der Waals surface area contributed by atoms with Crippen molar-refractivity contribution < 1.29 is 9.53 Å². The zero-order valence-electron chi connectivity index (χ0n) is 11.8. The van der Waals surface area contributed by atoms with E-state index in [2.05, 4.69) is 37.2 Å². The first-order valence-corrected chi connectivity index (χ1v) is 8.42. The van der Waals surface area contributed by atoms with Gasteiger partial charge in [-0.1, -0.05) is 28.1 Å². The topological polar surface area (TPSA) is 38.3 Å². The number of hydrogen-bond acceptors (Lipinski definition) is 2. The van der Waals surface area contributed by atoms with E-state index in [9.17, 15) is 4.79 Å². The second-order valence-corrected chi connectivity index (χ2v) is 6.59. The van der Waals surface area contributed by atoms with Crippen LogP contribution in [0, 0.1) is 0 Å². The second kappa shape index (κ2) is 6.26. The summed E-state index contributed by atoms with van der Waals surface area (Å²) < 4.78 is 7.21. The Hall–Kier alpha value is -1.59. The zero-order valence-corrected chi connectivity index (χ0v) is 15.0. The van der Waals surface area contributed by atoms with Crippen LogP contribution >= 0.6 is 31.9 Å². The summed E-state index contributed by atoms with van der Waals surface area (Å²) in [6.07, 6.45) is 1.88. The summed E-state index contributed by atoms with van der Waals surface area (Å²) in [6.45, 7) is 2.59. The van der Waals surface area contributed by atoms with Crippen molar-refractivity contribution in [2.45, 2.75) is 6.92 Å². The van der Waals surface area contributed by atoms with Crippen LogP contribution in [0.5, 0.6) is 5.75 Å². The van der Waals surface area contributed by atoms with Gasteiger partial charge in [-0.15, -0.1) is 0 Å². The molecule has 2 aromatic rings. The molecule has 22 heavy (non-hydrogen) atoms. The summed E-state index contributed by atoms with van der Waals surface area (Å²) in [5.74, 6) is 0.731. The van der Waals surface area contributed by atoms with Crippen molar-refractivity contribution in [2.75, 3.05) is 11.9 Å². The van der Waals surface area contributed by atoms with Crippen molar-refractivity contribution >= 4 is 55.1 Å². The third-order valence-corrected chi connectivity index (χ3v) is 4.41. The molecule has 1 aliphatic rings. The number of ether oxygens (including phenoxy) is 1. The highest BCUT2D eigenvalue weighted by Gasteiger charge is 2.26. The Morgan fingerprint density at radius 3 is 2.59 bits per heavy atom. The molecule has 0 fully saturated rings. The molecular weight excluding hydrogens is 410 g/mol. The van der Waals surface area contributed by atoms with Gasteiger partial charge in [-0.25, -0.2) is 0 Å². The van der Waals surface area contributed by atoms with Crippen LogP contribution in [0.25, 0.3) is 11.6 Å². The van der Waals surface area contributed by atoms with Crippen molar-refractivity contribution in [2.24, 2.45) is 0 Å². The van der Waals surface area contributed by atoms with E-state index in [1.165, 1.54) is 0 Å². The molecule has 0 saturated heterocycles. The van der Waals surface area contributed by atoms with Gasteiger partial charge in [0.2, 0.25) is 0 Å². The van der Waals surface area contributed by atoms with Gasteiger partial charge in [0, 0.05) is 20.1 Å². The molecule has 0 saturated carbocycles. The monoisotopic (exact) mass is 421 g/mol. The molecule has 0 radical (unpaired) electrons. The normalized spacial score (nSPS) is 14.9. The molecule has 0 atom stereocenters. The Morgan fingerprint density at radius 2 is 1.91 bits per heavy atom. The molecule has 0 bridgehead atoms. The summed E-state index contributed by atoms with van der Waals surface area (Å²) in [7, 11) is 0. The van der Waals surface area contributed by atoms with Gasteiger partial charge in [-0.3, -0.25) is 4.79 Å². The van der Waals surface area contributed by atoms with E-state index in [0.29, 0.717) is 12.2 Å². The third kappa shape index (κ3) is 2.96. The molecule has 1 N–H and O–H groups in total. The molecule has 0 spiro atoms. The number of fused-ring (bicyclic) bond motifs is 1. The number of anilines is 1. The molecule has 2 aromatic carbocycles. The highest BCUT2D eigenvalue weighted by Crippen LogP contribution is 2.40. The van der Waals surface area contributed by atoms with Crippen LogP contribution in [-0.4, -0.2) is 12.5 Å². The van der Waals surface area contributed by atoms with Gasteiger partial charge >= 0.3 is 0 Å².